The monoisotopic (exact) mass is 318 g/mol. The smallest absolute Gasteiger partial charge is 0.146 e. The number of hydrogen-bond acceptors (Lipinski definition) is 5. The number of aliphatic hydroxyl groups excluding tert-OH is 1. The van der Waals surface area contributed by atoms with Crippen LogP contribution in [0.4, 0.5) is 0 Å². The molecule has 126 valence electrons. The van der Waals surface area contributed by atoms with Gasteiger partial charge in [-0.3, -0.25) is 0 Å². The first-order valence-corrected chi connectivity index (χ1v) is 7.85. The van der Waals surface area contributed by atoms with Crippen LogP contribution in [0.25, 0.3) is 11.7 Å². The molecule has 0 amide bonds. The van der Waals surface area contributed by atoms with E-state index in [2.05, 4.69) is 37.4 Å². The van der Waals surface area contributed by atoms with Gasteiger partial charge in [-0.15, -0.1) is 0 Å². The number of aryl methyl sites for hydroxylation is 1. The second-order valence-corrected chi connectivity index (χ2v) is 6.58. The van der Waals surface area contributed by atoms with Gasteiger partial charge in [-0.2, -0.15) is 5.48 Å². The second kappa shape index (κ2) is 7.23. The van der Waals surface area contributed by atoms with Crippen molar-refractivity contribution in [2.24, 2.45) is 0 Å². The third-order valence-electron chi connectivity index (χ3n) is 3.56. The Hall–Kier alpha value is -1.73. The summed E-state index contributed by atoms with van der Waals surface area (Å²) in [6.45, 7) is 9.30. The molecule has 2 rings (SSSR count). The lowest BCUT2D eigenvalue weighted by Crippen LogP contribution is -2.35. The van der Waals surface area contributed by atoms with Crippen molar-refractivity contribution in [2.45, 2.75) is 52.4 Å². The molecular formula is C17H26N4O2. The summed E-state index contributed by atoms with van der Waals surface area (Å²) < 4.78 is 2.09. The van der Waals surface area contributed by atoms with Gasteiger partial charge in [0, 0.05) is 18.3 Å². The molecule has 0 spiro atoms. The van der Waals surface area contributed by atoms with Crippen LogP contribution in [0.3, 0.4) is 0 Å². The fourth-order valence-electron chi connectivity index (χ4n) is 2.33. The van der Waals surface area contributed by atoms with Gasteiger partial charge < -0.3 is 20.0 Å². The van der Waals surface area contributed by atoms with Gasteiger partial charge in [0.15, 0.2) is 0 Å². The molecule has 6 heteroatoms. The number of aliphatic hydroxyl groups is 1. The molecule has 0 fully saturated rings. The van der Waals surface area contributed by atoms with E-state index in [9.17, 15) is 5.11 Å². The summed E-state index contributed by atoms with van der Waals surface area (Å²) in [6.07, 6.45) is 4.99. The number of pyridine rings is 1. The molecule has 2 aromatic rings. The molecule has 2 heterocycles. The van der Waals surface area contributed by atoms with Crippen molar-refractivity contribution in [3.05, 3.63) is 41.4 Å². The molecule has 0 aliphatic carbocycles. The SMILES string of the molecule is CCc1nc2cc(/C=C/C(O)NO)ccn2c1CNC(C)(C)C. The van der Waals surface area contributed by atoms with Crippen LogP contribution in [0.1, 0.15) is 44.6 Å². The van der Waals surface area contributed by atoms with Crippen LogP contribution in [0, 0.1) is 0 Å². The van der Waals surface area contributed by atoms with Gasteiger partial charge in [0.2, 0.25) is 0 Å². The van der Waals surface area contributed by atoms with E-state index in [0.29, 0.717) is 0 Å². The molecule has 0 aromatic carbocycles. The maximum Gasteiger partial charge on any atom is 0.146 e. The number of aromatic nitrogens is 2. The Morgan fingerprint density at radius 2 is 2.13 bits per heavy atom. The summed E-state index contributed by atoms with van der Waals surface area (Å²) in [5.74, 6) is 0. The third kappa shape index (κ3) is 4.62. The molecule has 0 aliphatic rings. The van der Waals surface area contributed by atoms with Gasteiger partial charge in [0.25, 0.3) is 0 Å². The highest BCUT2D eigenvalue weighted by molar-refractivity contribution is 5.57. The molecule has 0 aliphatic heterocycles. The van der Waals surface area contributed by atoms with Gasteiger partial charge in [-0.05, 0) is 51.0 Å². The van der Waals surface area contributed by atoms with Crippen LogP contribution in [0.5, 0.6) is 0 Å². The maximum absolute atomic E-state index is 9.29. The van der Waals surface area contributed by atoms with Crippen LogP contribution >= 0.6 is 0 Å². The molecule has 0 saturated carbocycles. The number of fused-ring (bicyclic) bond motifs is 1. The van der Waals surface area contributed by atoms with Crippen molar-refractivity contribution in [2.75, 3.05) is 0 Å². The van der Waals surface area contributed by atoms with E-state index in [-0.39, 0.29) is 5.54 Å². The normalized spacial score (nSPS) is 14.0. The fraction of sp³-hybridized carbons (Fsp3) is 0.471. The van der Waals surface area contributed by atoms with Crippen molar-refractivity contribution in [1.82, 2.24) is 20.2 Å². The number of imidazole rings is 1. The van der Waals surface area contributed by atoms with Crippen molar-refractivity contribution in [3.63, 3.8) is 0 Å². The summed E-state index contributed by atoms with van der Waals surface area (Å²) >= 11 is 0. The molecule has 1 unspecified atom stereocenters. The molecular weight excluding hydrogens is 292 g/mol. The minimum absolute atomic E-state index is 0.0469. The Balaban J connectivity index is 2.32. The van der Waals surface area contributed by atoms with Gasteiger partial charge >= 0.3 is 0 Å². The van der Waals surface area contributed by atoms with Crippen molar-refractivity contribution < 1.29 is 10.3 Å². The lowest BCUT2D eigenvalue weighted by Gasteiger charge is -2.20. The quantitative estimate of drug-likeness (QED) is 0.484. The zero-order valence-electron chi connectivity index (χ0n) is 14.2. The van der Waals surface area contributed by atoms with E-state index in [1.165, 1.54) is 11.8 Å². The molecule has 0 saturated heterocycles. The molecule has 0 bridgehead atoms. The Morgan fingerprint density at radius 1 is 1.39 bits per heavy atom. The minimum atomic E-state index is -1.08. The lowest BCUT2D eigenvalue weighted by atomic mass is 10.1. The van der Waals surface area contributed by atoms with Crippen molar-refractivity contribution in [1.29, 1.82) is 0 Å². The van der Waals surface area contributed by atoms with Crippen LogP contribution in [0.2, 0.25) is 0 Å². The first-order chi connectivity index (χ1) is 10.8. The first-order valence-electron chi connectivity index (χ1n) is 7.85. The highest BCUT2D eigenvalue weighted by Gasteiger charge is 2.14. The summed E-state index contributed by atoms with van der Waals surface area (Å²) in [5, 5.41) is 21.4. The standard InChI is InChI=1S/C17H26N4O2/c1-5-13-14(11-18-17(2,3)4)21-9-8-12(10-15(21)19-13)6-7-16(22)20-23/h6-10,16,18,20,22-23H,5,11H2,1-4H3/b7-6+. The lowest BCUT2D eigenvalue weighted by molar-refractivity contribution is 0.0323. The predicted molar refractivity (Wildman–Crippen MR) is 91.1 cm³/mol. The minimum Gasteiger partial charge on any atom is -0.373 e. The molecule has 0 radical (unpaired) electrons. The van der Waals surface area contributed by atoms with Gasteiger partial charge in [0.05, 0.1) is 11.4 Å². The molecule has 4 N–H and O–H groups in total. The topological polar surface area (TPSA) is 81.8 Å². The summed E-state index contributed by atoms with van der Waals surface area (Å²) in [7, 11) is 0. The number of rotatable bonds is 6. The average Bonchev–Trinajstić information content (AvgIpc) is 2.86. The molecule has 2 aromatic heterocycles. The molecule has 6 nitrogen and oxygen atoms in total. The van der Waals surface area contributed by atoms with E-state index < -0.39 is 6.23 Å². The van der Waals surface area contributed by atoms with E-state index in [1.807, 2.05) is 18.3 Å². The predicted octanol–water partition coefficient (Wildman–Crippen LogP) is 2.10. The fourth-order valence-corrected chi connectivity index (χ4v) is 2.33. The number of nitrogens with one attached hydrogen (secondary N) is 2. The average molecular weight is 318 g/mol. The molecule has 23 heavy (non-hydrogen) atoms. The van der Waals surface area contributed by atoms with Crippen molar-refractivity contribution in [3.8, 4) is 0 Å². The van der Waals surface area contributed by atoms with E-state index in [0.717, 1.165) is 29.9 Å². The summed E-state index contributed by atoms with van der Waals surface area (Å²) in [4.78, 5) is 4.70. The van der Waals surface area contributed by atoms with Crippen LogP contribution in [0.15, 0.2) is 24.4 Å². The largest absolute Gasteiger partial charge is 0.373 e. The Bertz CT molecular complexity index is 686. The van der Waals surface area contributed by atoms with E-state index >= 15 is 0 Å². The van der Waals surface area contributed by atoms with Crippen LogP contribution in [-0.4, -0.2) is 31.5 Å². The van der Waals surface area contributed by atoms with Crippen molar-refractivity contribution >= 4 is 11.7 Å². The third-order valence-corrected chi connectivity index (χ3v) is 3.56. The second-order valence-electron chi connectivity index (χ2n) is 6.58. The maximum atomic E-state index is 9.29. The number of nitrogens with zero attached hydrogens (tertiary/aromatic N) is 2. The Morgan fingerprint density at radius 3 is 2.74 bits per heavy atom. The zero-order chi connectivity index (χ0) is 17.0. The molecule has 1 atom stereocenters. The Labute approximate surface area is 136 Å². The first kappa shape index (κ1) is 17.6. The van der Waals surface area contributed by atoms with E-state index in [4.69, 9.17) is 10.2 Å². The summed E-state index contributed by atoms with van der Waals surface area (Å²) in [6, 6.07) is 3.91. The van der Waals surface area contributed by atoms with Crippen LogP contribution < -0.4 is 10.8 Å². The summed E-state index contributed by atoms with van der Waals surface area (Å²) in [5.41, 5.74) is 5.85. The highest BCUT2D eigenvalue weighted by atomic mass is 16.5. The highest BCUT2D eigenvalue weighted by Crippen LogP contribution is 2.17. The number of hydroxylamine groups is 1. The van der Waals surface area contributed by atoms with E-state index in [1.54, 1.807) is 11.6 Å². The Kier molecular flexibility index (Phi) is 5.54. The number of hydrogen-bond donors (Lipinski definition) is 4. The van der Waals surface area contributed by atoms with Crippen LogP contribution in [-0.2, 0) is 13.0 Å². The van der Waals surface area contributed by atoms with Gasteiger partial charge in [-0.1, -0.05) is 13.0 Å². The zero-order valence-corrected chi connectivity index (χ0v) is 14.2. The van der Waals surface area contributed by atoms with Gasteiger partial charge in [0.1, 0.15) is 11.9 Å². The van der Waals surface area contributed by atoms with Gasteiger partial charge in [-0.25, -0.2) is 4.98 Å².